The predicted molar refractivity (Wildman–Crippen MR) is 108 cm³/mol. The molecule has 1 atom stereocenters. The van der Waals surface area contributed by atoms with Crippen molar-refractivity contribution in [1.82, 2.24) is 10.2 Å². The molecular weight excluding hydrogens is 382 g/mol. The number of carbonyl (C=O) groups is 2. The van der Waals surface area contributed by atoms with Gasteiger partial charge in [-0.3, -0.25) is 9.59 Å². The first-order chi connectivity index (χ1) is 13.4. The highest BCUT2D eigenvalue weighted by molar-refractivity contribution is 7.99. The number of thioether (sulfide) groups is 1. The van der Waals surface area contributed by atoms with Gasteiger partial charge in [-0.2, -0.15) is 0 Å². The lowest BCUT2D eigenvalue weighted by Crippen LogP contribution is -2.48. The first kappa shape index (κ1) is 21.9. The Balaban J connectivity index is 2.07. The van der Waals surface area contributed by atoms with E-state index in [-0.39, 0.29) is 35.7 Å². The average molecular weight is 406 g/mol. The molecule has 0 heterocycles. The van der Waals surface area contributed by atoms with E-state index >= 15 is 0 Å². The zero-order chi connectivity index (χ0) is 20.5. The van der Waals surface area contributed by atoms with Gasteiger partial charge in [-0.05, 0) is 41.8 Å². The average Bonchev–Trinajstić information content (AvgIpc) is 2.70. The summed E-state index contributed by atoms with van der Waals surface area (Å²) < 4.78 is 26.2. The standard InChI is InChI=1S/C21H24F2N2O2S/c1-3-19(21(27)24-2)25(12-15-4-8-17(22)9-5-15)20(26)14-28-13-16-6-10-18(23)11-7-16/h4-11,19H,3,12-14H2,1-2H3,(H,24,27)/t19-/m1/s1. The number of amides is 2. The maximum atomic E-state index is 13.2. The Kier molecular flexibility index (Phi) is 8.44. The molecule has 0 bridgehead atoms. The van der Waals surface area contributed by atoms with Crippen molar-refractivity contribution in [2.75, 3.05) is 12.8 Å². The minimum absolute atomic E-state index is 0.174. The molecule has 150 valence electrons. The van der Waals surface area contributed by atoms with E-state index in [1.54, 1.807) is 24.3 Å². The number of carbonyl (C=O) groups excluding carboxylic acids is 2. The van der Waals surface area contributed by atoms with Crippen LogP contribution in [-0.4, -0.2) is 35.6 Å². The number of nitrogens with one attached hydrogen (secondary N) is 1. The quantitative estimate of drug-likeness (QED) is 0.690. The number of halogens is 2. The number of benzene rings is 2. The summed E-state index contributed by atoms with van der Waals surface area (Å²) in [7, 11) is 1.54. The Labute approximate surface area is 168 Å². The van der Waals surface area contributed by atoms with Gasteiger partial charge in [0.2, 0.25) is 11.8 Å². The highest BCUT2D eigenvalue weighted by atomic mass is 32.2. The topological polar surface area (TPSA) is 49.4 Å². The molecule has 0 saturated heterocycles. The van der Waals surface area contributed by atoms with Gasteiger partial charge in [-0.1, -0.05) is 31.2 Å². The van der Waals surface area contributed by atoms with Crippen LogP contribution in [0.1, 0.15) is 24.5 Å². The van der Waals surface area contributed by atoms with Crippen molar-refractivity contribution >= 4 is 23.6 Å². The maximum absolute atomic E-state index is 13.2. The molecule has 0 aromatic heterocycles. The van der Waals surface area contributed by atoms with Gasteiger partial charge >= 0.3 is 0 Å². The smallest absolute Gasteiger partial charge is 0.242 e. The highest BCUT2D eigenvalue weighted by Gasteiger charge is 2.27. The zero-order valence-electron chi connectivity index (χ0n) is 16.0. The van der Waals surface area contributed by atoms with Crippen molar-refractivity contribution in [2.45, 2.75) is 31.7 Å². The molecule has 1 N–H and O–H groups in total. The second kappa shape index (κ2) is 10.8. The van der Waals surface area contributed by atoms with Crippen LogP contribution in [-0.2, 0) is 21.9 Å². The van der Waals surface area contributed by atoms with Crippen LogP contribution in [0.3, 0.4) is 0 Å². The molecule has 0 fully saturated rings. The van der Waals surface area contributed by atoms with Crippen LogP contribution in [0.15, 0.2) is 48.5 Å². The second-order valence-corrected chi connectivity index (χ2v) is 7.29. The third-order valence-corrected chi connectivity index (χ3v) is 5.29. The maximum Gasteiger partial charge on any atom is 0.242 e. The summed E-state index contributed by atoms with van der Waals surface area (Å²) in [6, 6.07) is 11.4. The van der Waals surface area contributed by atoms with Crippen LogP contribution in [0.4, 0.5) is 8.78 Å². The SMILES string of the molecule is CC[C@H](C(=O)NC)N(Cc1ccc(F)cc1)C(=O)CSCc1ccc(F)cc1. The monoisotopic (exact) mass is 406 g/mol. The molecule has 2 amide bonds. The van der Waals surface area contributed by atoms with Crippen molar-refractivity contribution in [3.8, 4) is 0 Å². The molecule has 4 nitrogen and oxygen atoms in total. The van der Waals surface area contributed by atoms with Gasteiger partial charge in [0.25, 0.3) is 0 Å². The summed E-state index contributed by atoms with van der Waals surface area (Å²) in [6.45, 7) is 2.07. The second-order valence-electron chi connectivity index (χ2n) is 6.31. The number of rotatable bonds is 9. The molecule has 0 unspecified atom stereocenters. The summed E-state index contributed by atoms with van der Waals surface area (Å²) in [5.41, 5.74) is 1.67. The Hall–Kier alpha value is -2.41. The number of likely N-dealkylation sites (N-methyl/N-ethyl adjacent to an activating group) is 1. The van der Waals surface area contributed by atoms with Crippen molar-refractivity contribution in [1.29, 1.82) is 0 Å². The van der Waals surface area contributed by atoms with E-state index < -0.39 is 6.04 Å². The van der Waals surface area contributed by atoms with Crippen LogP contribution in [0, 0.1) is 11.6 Å². The van der Waals surface area contributed by atoms with Crippen LogP contribution in [0.2, 0.25) is 0 Å². The molecule has 2 rings (SSSR count). The first-order valence-corrected chi connectivity index (χ1v) is 10.2. The van der Waals surface area contributed by atoms with Crippen LogP contribution >= 0.6 is 11.8 Å². The minimum atomic E-state index is -0.603. The number of nitrogens with zero attached hydrogens (tertiary/aromatic N) is 1. The van der Waals surface area contributed by atoms with E-state index in [2.05, 4.69) is 5.32 Å². The Morgan fingerprint density at radius 1 is 1.00 bits per heavy atom. The molecule has 0 aliphatic heterocycles. The van der Waals surface area contributed by atoms with E-state index in [9.17, 15) is 18.4 Å². The van der Waals surface area contributed by atoms with Crippen LogP contribution < -0.4 is 5.32 Å². The molecule has 0 spiro atoms. The minimum Gasteiger partial charge on any atom is -0.357 e. The van der Waals surface area contributed by atoms with Crippen molar-refractivity contribution < 1.29 is 18.4 Å². The molecule has 0 radical (unpaired) electrons. The third kappa shape index (κ3) is 6.34. The van der Waals surface area contributed by atoms with E-state index in [1.807, 2.05) is 6.92 Å². The largest absolute Gasteiger partial charge is 0.357 e. The van der Waals surface area contributed by atoms with E-state index in [0.29, 0.717) is 12.2 Å². The van der Waals surface area contributed by atoms with Gasteiger partial charge in [0, 0.05) is 19.3 Å². The van der Waals surface area contributed by atoms with E-state index in [1.165, 1.54) is 48.0 Å². The molecule has 2 aromatic rings. The van der Waals surface area contributed by atoms with Crippen molar-refractivity contribution in [2.24, 2.45) is 0 Å². The molecule has 28 heavy (non-hydrogen) atoms. The van der Waals surface area contributed by atoms with Gasteiger partial charge in [0.15, 0.2) is 0 Å². The molecule has 0 aliphatic carbocycles. The summed E-state index contributed by atoms with van der Waals surface area (Å²) in [4.78, 5) is 26.7. The fourth-order valence-corrected chi connectivity index (χ4v) is 3.66. The predicted octanol–water partition coefficient (Wildman–Crippen LogP) is 3.75. The number of hydrogen-bond donors (Lipinski definition) is 1. The Bertz CT molecular complexity index is 782. The van der Waals surface area contributed by atoms with Crippen molar-refractivity contribution in [3.05, 3.63) is 71.3 Å². The lowest BCUT2D eigenvalue weighted by atomic mass is 10.1. The highest BCUT2D eigenvalue weighted by Crippen LogP contribution is 2.17. The summed E-state index contributed by atoms with van der Waals surface area (Å²) >= 11 is 1.40. The van der Waals surface area contributed by atoms with E-state index in [4.69, 9.17) is 0 Å². The van der Waals surface area contributed by atoms with Gasteiger partial charge in [-0.15, -0.1) is 11.8 Å². The summed E-state index contributed by atoms with van der Waals surface area (Å²) in [5.74, 6) is -0.311. The third-order valence-electron chi connectivity index (χ3n) is 4.31. The fourth-order valence-electron chi connectivity index (χ4n) is 2.79. The summed E-state index contributed by atoms with van der Waals surface area (Å²) in [6.07, 6.45) is 0.467. The van der Waals surface area contributed by atoms with Gasteiger partial charge in [0.1, 0.15) is 17.7 Å². The fraction of sp³-hybridized carbons (Fsp3) is 0.333. The van der Waals surface area contributed by atoms with Gasteiger partial charge < -0.3 is 10.2 Å². The normalized spacial score (nSPS) is 11.7. The Morgan fingerprint density at radius 2 is 1.54 bits per heavy atom. The van der Waals surface area contributed by atoms with E-state index in [0.717, 1.165) is 11.1 Å². The lowest BCUT2D eigenvalue weighted by Gasteiger charge is -2.30. The van der Waals surface area contributed by atoms with Gasteiger partial charge in [-0.25, -0.2) is 8.78 Å². The molecule has 7 heteroatoms. The van der Waals surface area contributed by atoms with Gasteiger partial charge in [0.05, 0.1) is 5.75 Å². The first-order valence-electron chi connectivity index (χ1n) is 9.02. The zero-order valence-corrected chi connectivity index (χ0v) is 16.8. The number of hydrogen-bond acceptors (Lipinski definition) is 3. The lowest BCUT2D eigenvalue weighted by molar-refractivity contribution is -0.139. The molecule has 0 aliphatic rings. The Morgan fingerprint density at radius 3 is 2.04 bits per heavy atom. The summed E-state index contributed by atoms with van der Waals surface area (Å²) in [5, 5.41) is 2.60. The van der Waals surface area contributed by atoms with Crippen molar-refractivity contribution in [3.63, 3.8) is 0 Å². The molecular formula is C21H24F2N2O2S. The molecule has 2 aromatic carbocycles. The van der Waals surface area contributed by atoms with Crippen LogP contribution in [0.5, 0.6) is 0 Å². The molecule has 0 saturated carbocycles. The van der Waals surface area contributed by atoms with Crippen LogP contribution in [0.25, 0.3) is 0 Å².